The Morgan fingerprint density at radius 2 is 1.93 bits per heavy atom. The van der Waals surface area contributed by atoms with Crippen LogP contribution in [0.2, 0.25) is 0 Å². The fraction of sp³-hybridized carbons (Fsp3) is 0.0909. The second-order valence-electron chi connectivity index (χ2n) is 6.19. The number of carbonyl (C=O) groups excluding carboxylic acids is 1. The van der Waals surface area contributed by atoms with Gasteiger partial charge in [-0.05, 0) is 48.5 Å². The van der Waals surface area contributed by atoms with E-state index in [1.165, 1.54) is 34.6 Å². The smallest absolute Gasteiger partial charge is 0.263 e. The molecule has 4 aromatic rings. The lowest BCUT2D eigenvalue weighted by Crippen LogP contribution is -2.30. The van der Waals surface area contributed by atoms with Gasteiger partial charge in [-0.25, -0.2) is 9.37 Å². The van der Waals surface area contributed by atoms with E-state index in [1.807, 2.05) is 29.6 Å². The maximum Gasteiger partial charge on any atom is 0.263 e. The summed E-state index contributed by atoms with van der Waals surface area (Å²) in [6.45, 7) is 0.149. The summed E-state index contributed by atoms with van der Waals surface area (Å²) in [5.74, 6) is 0.276. The van der Waals surface area contributed by atoms with Gasteiger partial charge >= 0.3 is 0 Å². The van der Waals surface area contributed by atoms with E-state index in [0.29, 0.717) is 10.9 Å². The molecule has 1 amide bonds. The zero-order valence-electron chi connectivity index (χ0n) is 15.5. The Kier molecular flexibility index (Phi) is 5.39. The number of hydrogen-bond donors (Lipinski definition) is 0. The van der Waals surface area contributed by atoms with Crippen LogP contribution < -0.4 is 9.64 Å². The SMILES string of the molecule is COc1ccc(-c2csc(N(Cc3ccco3)C(=O)c3ccccc3F)n2)cc1. The number of nitrogens with zero attached hydrogens (tertiary/aromatic N) is 2. The highest BCUT2D eigenvalue weighted by atomic mass is 32.1. The first-order chi connectivity index (χ1) is 14.2. The molecular weight excluding hydrogens is 391 g/mol. The lowest BCUT2D eigenvalue weighted by molar-refractivity contribution is 0.0979. The van der Waals surface area contributed by atoms with Gasteiger partial charge in [-0.2, -0.15) is 0 Å². The van der Waals surface area contributed by atoms with Crippen LogP contribution in [-0.2, 0) is 6.54 Å². The second kappa shape index (κ2) is 8.28. The summed E-state index contributed by atoms with van der Waals surface area (Å²) in [6, 6.07) is 16.9. The Labute approximate surface area is 171 Å². The highest BCUT2D eigenvalue weighted by molar-refractivity contribution is 7.14. The number of rotatable bonds is 6. The van der Waals surface area contributed by atoms with Gasteiger partial charge in [0.25, 0.3) is 5.91 Å². The van der Waals surface area contributed by atoms with E-state index in [2.05, 4.69) is 4.98 Å². The third kappa shape index (κ3) is 4.05. The number of aromatic nitrogens is 1. The van der Waals surface area contributed by atoms with Crippen molar-refractivity contribution in [3.8, 4) is 17.0 Å². The molecule has 29 heavy (non-hydrogen) atoms. The molecule has 0 aliphatic heterocycles. The van der Waals surface area contributed by atoms with E-state index in [1.54, 1.807) is 31.4 Å². The number of anilines is 1. The van der Waals surface area contributed by atoms with Crippen molar-refractivity contribution in [3.05, 3.63) is 89.4 Å². The summed E-state index contributed by atoms with van der Waals surface area (Å²) in [5.41, 5.74) is 1.60. The van der Waals surface area contributed by atoms with Crippen molar-refractivity contribution in [2.45, 2.75) is 6.54 Å². The van der Waals surface area contributed by atoms with E-state index in [9.17, 15) is 9.18 Å². The van der Waals surface area contributed by atoms with Crippen LogP contribution in [0, 0.1) is 5.82 Å². The number of halogens is 1. The van der Waals surface area contributed by atoms with Crippen LogP contribution in [0.25, 0.3) is 11.3 Å². The first-order valence-corrected chi connectivity index (χ1v) is 9.72. The minimum Gasteiger partial charge on any atom is -0.497 e. The molecular formula is C22H17FN2O3S. The van der Waals surface area contributed by atoms with Gasteiger partial charge in [0.05, 0.1) is 31.2 Å². The number of amides is 1. The number of ether oxygens (including phenoxy) is 1. The van der Waals surface area contributed by atoms with Crippen LogP contribution in [0.4, 0.5) is 9.52 Å². The fourth-order valence-corrected chi connectivity index (χ4v) is 3.68. The molecule has 0 bridgehead atoms. The van der Waals surface area contributed by atoms with Gasteiger partial charge in [0.2, 0.25) is 0 Å². The average Bonchev–Trinajstić information content (AvgIpc) is 3.44. The third-order valence-electron chi connectivity index (χ3n) is 4.35. The van der Waals surface area contributed by atoms with E-state index in [-0.39, 0.29) is 12.1 Å². The minimum absolute atomic E-state index is 0.0137. The number of thiazole rings is 1. The van der Waals surface area contributed by atoms with Crippen molar-refractivity contribution < 1.29 is 18.3 Å². The van der Waals surface area contributed by atoms with Gasteiger partial charge in [-0.15, -0.1) is 11.3 Å². The molecule has 4 rings (SSSR count). The molecule has 2 heterocycles. The zero-order chi connectivity index (χ0) is 20.2. The largest absolute Gasteiger partial charge is 0.497 e. The average molecular weight is 408 g/mol. The molecule has 7 heteroatoms. The zero-order valence-corrected chi connectivity index (χ0v) is 16.4. The van der Waals surface area contributed by atoms with Crippen molar-refractivity contribution in [3.63, 3.8) is 0 Å². The highest BCUT2D eigenvalue weighted by Gasteiger charge is 2.24. The Morgan fingerprint density at radius 1 is 1.14 bits per heavy atom. The maximum atomic E-state index is 14.2. The van der Waals surface area contributed by atoms with Gasteiger partial charge in [-0.1, -0.05) is 12.1 Å². The second-order valence-corrected chi connectivity index (χ2v) is 7.03. The summed E-state index contributed by atoms with van der Waals surface area (Å²) in [5, 5.41) is 2.32. The summed E-state index contributed by atoms with van der Waals surface area (Å²) >= 11 is 1.31. The highest BCUT2D eigenvalue weighted by Crippen LogP contribution is 2.30. The van der Waals surface area contributed by atoms with Crippen LogP contribution in [-0.4, -0.2) is 18.0 Å². The van der Waals surface area contributed by atoms with Crippen molar-refractivity contribution in [1.29, 1.82) is 0 Å². The Balaban J connectivity index is 1.68. The van der Waals surface area contributed by atoms with E-state index < -0.39 is 11.7 Å². The van der Waals surface area contributed by atoms with Gasteiger partial charge in [0.15, 0.2) is 5.13 Å². The number of methoxy groups -OCH3 is 1. The van der Waals surface area contributed by atoms with Gasteiger partial charge in [-0.3, -0.25) is 9.69 Å². The van der Waals surface area contributed by atoms with E-state index in [4.69, 9.17) is 9.15 Å². The molecule has 0 radical (unpaired) electrons. The predicted octanol–water partition coefficient (Wildman–Crippen LogP) is 5.40. The molecule has 146 valence electrons. The quantitative estimate of drug-likeness (QED) is 0.429. The predicted molar refractivity (Wildman–Crippen MR) is 110 cm³/mol. The van der Waals surface area contributed by atoms with Crippen molar-refractivity contribution in [2.75, 3.05) is 12.0 Å². The van der Waals surface area contributed by atoms with Gasteiger partial charge < -0.3 is 9.15 Å². The normalized spacial score (nSPS) is 10.7. The molecule has 0 aliphatic carbocycles. The molecule has 0 N–H and O–H groups in total. The molecule has 0 unspecified atom stereocenters. The van der Waals surface area contributed by atoms with Crippen LogP contribution in [0.3, 0.4) is 0 Å². The molecule has 0 atom stereocenters. The first-order valence-electron chi connectivity index (χ1n) is 8.84. The maximum absolute atomic E-state index is 14.2. The first kappa shape index (κ1) is 18.9. The van der Waals surface area contributed by atoms with Crippen LogP contribution in [0.5, 0.6) is 5.75 Å². The van der Waals surface area contributed by atoms with E-state index in [0.717, 1.165) is 17.0 Å². The fourth-order valence-electron chi connectivity index (χ4n) is 2.85. The van der Waals surface area contributed by atoms with Crippen LogP contribution in [0.15, 0.2) is 76.7 Å². The van der Waals surface area contributed by atoms with Crippen molar-refractivity contribution in [2.24, 2.45) is 0 Å². The molecule has 2 aromatic heterocycles. The number of hydrogen-bond acceptors (Lipinski definition) is 5. The summed E-state index contributed by atoms with van der Waals surface area (Å²) < 4.78 is 24.8. The van der Waals surface area contributed by atoms with Crippen molar-refractivity contribution >= 4 is 22.4 Å². The lowest BCUT2D eigenvalue weighted by Gasteiger charge is -2.19. The Hall–Kier alpha value is -3.45. The third-order valence-corrected chi connectivity index (χ3v) is 5.22. The number of furan rings is 1. The summed E-state index contributed by atoms with van der Waals surface area (Å²) in [7, 11) is 1.61. The molecule has 0 fully saturated rings. The van der Waals surface area contributed by atoms with Crippen LogP contribution in [0.1, 0.15) is 16.1 Å². The molecule has 2 aromatic carbocycles. The van der Waals surface area contributed by atoms with Gasteiger partial charge in [0.1, 0.15) is 17.3 Å². The van der Waals surface area contributed by atoms with Gasteiger partial charge in [0, 0.05) is 10.9 Å². The molecule has 5 nitrogen and oxygen atoms in total. The summed E-state index contributed by atoms with van der Waals surface area (Å²) in [6.07, 6.45) is 1.53. The Morgan fingerprint density at radius 3 is 2.62 bits per heavy atom. The molecule has 0 aliphatic rings. The summed E-state index contributed by atoms with van der Waals surface area (Å²) in [4.78, 5) is 19.2. The van der Waals surface area contributed by atoms with Crippen LogP contribution >= 0.6 is 11.3 Å². The standard InChI is InChI=1S/C22H17FN2O3S/c1-27-16-10-8-15(9-11-16)20-14-29-22(24-20)25(13-17-5-4-12-28-17)21(26)18-6-2-3-7-19(18)23/h2-12,14H,13H2,1H3. The topological polar surface area (TPSA) is 55.6 Å². The molecule has 0 spiro atoms. The number of carbonyl (C=O) groups is 1. The lowest BCUT2D eigenvalue weighted by atomic mass is 10.1. The number of benzene rings is 2. The molecule has 0 saturated heterocycles. The Bertz CT molecular complexity index is 1110. The monoisotopic (exact) mass is 408 g/mol. The molecule has 0 saturated carbocycles. The minimum atomic E-state index is -0.575. The van der Waals surface area contributed by atoms with Crippen molar-refractivity contribution in [1.82, 2.24) is 4.98 Å². The van der Waals surface area contributed by atoms with E-state index >= 15 is 0 Å².